The first-order chi connectivity index (χ1) is 8.50. The Morgan fingerprint density at radius 1 is 1.28 bits per heavy atom. The van der Waals surface area contributed by atoms with Gasteiger partial charge in [0, 0.05) is 23.0 Å². The molecule has 2 rings (SSSR count). The summed E-state index contributed by atoms with van der Waals surface area (Å²) in [5.74, 6) is -0.246. The minimum atomic E-state index is -1.09. The number of hydrogen-bond acceptors (Lipinski definition) is 4. The van der Waals surface area contributed by atoms with E-state index in [1.54, 1.807) is 19.2 Å². The number of nitrogens with zero attached hydrogens (tertiary/aromatic N) is 1. The maximum absolute atomic E-state index is 13.2. The quantitative estimate of drug-likeness (QED) is 0.706. The summed E-state index contributed by atoms with van der Waals surface area (Å²) in [6.07, 6.45) is 0.463. The van der Waals surface area contributed by atoms with Crippen LogP contribution in [0.25, 0.3) is 0 Å². The fourth-order valence-electron chi connectivity index (χ4n) is 1.88. The van der Waals surface area contributed by atoms with Crippen LogP contribution >= 0.6 is 0 Å². The van der Waals surface area contributed by atoms with Gasteiger partial charge in [-0.15, -0.1) is 0 Å². The van der Waals surface area contributed by atoms with Crippen molar-refractivity contribution >= 4 is 11.5 Å². The van der Waals surface area contributed by atoms with Gasteiger partial charge in [-0.05, 0) is 36.8 Å². The van der Waals surface area contributed by atoms with E-state index >= 15 is 0 Å². The minimum Gasteiger partial charge on any atom is -0.398 e. The molecule has 18 heavy (non-hydrogen) atoms. The molecule has 5 N–H and O–H groups in total. The number of halogens is 1. The minimum absolute atomic E-state index is 0.214. The summed E-state index contributed by atoms with van der Waals surface area (Å²) < 4.78 is 13.2. The van der Waals surface area contributed by atoms with Gasteiger partial charge in [0.2, 0.25) is 0 Å². The smallest absolute Gasteiger partial charge is 0.129 e. The topological polar surface area (TPSA) is 85.2 Å². The monoisotopic (exact) mass is 247 g/mol. The molecule has 4 nitrogen and oxygen atoms in total. The van der Waals surface area contributed by atoms with Crippen molar-refractivity contribution in [1.29, 1.82) is 0 Å². The lowest BCUT2D eigenvalue weighted by Crippen LogP contribution is -2.10. The van der Waals surface area contributed by atoms with E-state index in [1.165, 1.54) is 18.2 Å². The van der Waals surface area contributed by atoms with Crippen LogP contribution in [0.15, 0.2) is 30.5 Å². The van der Waals surface area contributed by atoms with Gasteiger partial charge in [-0.3, -0.25) is 0 Å². The summed E-state index contributed by atoms with van der Waals surface area (Å²) in [4.78, 5) is 3.92. The van der Waals surface area contributed by atoms with Gasteiger partial charge in [-0.25, -0.2) is 9.37 Å². The van der Waals surface area contributed by atoms with Gasteiger partial charge in [-0.1, -0.05) is 0 Å². The SMILES string of the molecule is Cc1ccnc(N)c1C(O)c1cc(F)ccc1N. The number of nitrogen functional groups attached to an aromatic ring is 2. The molecule has 0 fully saturated rings. The number of hydrogen-bond donors (Lipinski definition) is 3. The molecule has 1 unspecified atom stereocenters. The van der Waals surface area contributed by atoms with Crippen molar-refractivity contribution in [2.75, 3.05) is 11.5 Å². The number of aromatic nitrogens is 1. The van der Waals surface area contributed by atoms with Gasteiger partial charge in [0.15, 0.2) is 0 Å². The molecule has 94 valence electrons. The lowest BCUT2D eigenvalue weighted by molar-refractivity contribution is 0.220. The predicted molar refractivity (Wildman–Crippen MR) is 68.3 cm³/mol. The van der Waals surface area contributed by atoms with Crippen LogP contribution in [-0.2, 0) is 0 Å². The standard InChI is InChI=1S/C13H14FN3O/c1-7-4-5-17-13(16)11(7)12(18)9-6-8(14)2-3-10(9)15/h2-6,12,18H,15H2,1H3,(H2,16,17). The van der Waals surface area contributed by atoms with Crippen LogP contribution in [0, 0.1) is 12.7 Å². The second kappa shape index (κ2) is 4.62. The summed E-state index contributed by atoms with van der Waals surface area (Å²) in [6, 6.07) is 5.58. The molecule has 1 atom stereocenters. The summed E-state index contributed by atoms with van der Waals surface area (Å²) in [5, 5.41) is 10.3. The van der Waals surface area contributed by atoms with Gasteiger partial charge >= 0.3 is 0 Å². The highest BCUT2D eigenvalue weighted by molar-refractivity contribution is 5.55. The third-order valence-electron chi connectivity index (χ3n) is 2.86. The van der Waals surface area contributed by atoms with E-state index in [-0.39, 0.29) is 11.4 Å². The van der Waals surface area contributed by atoms with Crippen molar-refractivity contribution in [3.63, 3.8) is 0 Å². The summed E-state index contributed by atoms with van der Waals surface area (Å²) in [6.45, 7) is 1.80. The van der Waals surface area contributed by atoms with Gasteiger partial charge in [-0.2, -0.15) is 0 Å². The van der Waals surface area contributed by atoms with E-state index in [9.17, 15) is 9.50 Å². The maximum atomic E-state index is 13.2. The fraction of sp³-hybridized carbons (Fsp3) is 0.154. The lowest BCUT2D eigenvalue weighted by Gasteiger charge is -2.17. The number of benzene rings is 1. The van der Waals surface area contributed by atoms with Gasteiger partial charge in [0.25, 0.3) is 0 Å². The lowest BCUT2D eigenvalue weighted by atomic mass is 9.97. The largest absolute Gasteiger partial charge is 0.398 e. The van der Waals surface area contributed by atoms with E-state index < -0.39 is 11.9 Å². The molecule has 1 aromatic heterocycles. The molecule has 0 bridgehead atoms. The first kappa shape index (κ1) is 12.3. The zero-order valence-corrected chi connectivity index (χ0v) is 9.89. The zero-order valence-electron chi connectivity index (χ0n) is 9.89. The number of aryl methyl sites for hydroxylation is 1. The molecule has 1 aromatic carbocycles. The Labute approximate surface area is 104 Å². The highest BCUT2D eigenvalue weighted by atomic mass is 19.1. The molecule has 1 heterocycles. The molecule has 0 saturated carbocycles. The van der Waals surface area contributed by atoms with Crippen LogP contribution in [0.4, 0.5) is 15.9 Å². The molecular weight excluding hydrogens is 233 g/mol. The third-order valence-corrected chi connectivity index (χ3v) is 2.86. The second-order valence-corrected chi connectivity index (χ2v) is 4.10. The van der Waals surface area contributed by atoms with Crippen LogP contribution in [-0.4, -0.2) is 10.1 Å². The summed E-state index contributed by atoms with van der Waals surface area (Å²) in [7, 11) is 0. The molecule has 2 aromatic rings. The Balaban J connectivity index is 2.54. The number of anilines is 2. The van der Waals surface area contributed by atoms with Crippen LogP contribution in [0.5, 0.6) is 0 Å². The molecule has 0 amide bonds. The average Bonchev–Trinajstić information content (AvgIpc) is 2.32. The number of nitrogens with two attached hydrogens (primary N) is 2. The van der Waals surface area contributed by atoms with Crippen LogP contribution < -0.4 is 11.5 Å². The van der Waals surface area contributed by atoms with Crippen molar-refractivity contribution in [3.8, 4) is 0 Å². The number of aliphatic hydroxyl groups excluding tert-OH is 1. The van der Waals surface area contributed by atoms with E-state index in [2.05, 4.69) is 4.98 Å². The van der Waals surface area contributed by atoms with Gasteiger partial charge in [0.05, 0.1) is 0 Å². The highest BCUT2D eigenvalue weighted by Gasteiger charge is 2.19. The Morgan fingerprint density at radius 3 is 2.67 bits per heavy atom. The maximum Gasteiger partial charge on any atom is 0.129 e. The van der Waals surface area contributed by atoms with E-state index in [1.807, 2.05) is 0 Å². The van der Waals surface area contributed by atoms with Crippen molar-refractivity contribution < 1.29 is 9.50 Å². The molecule has 0 radical (unpaired) electrons. The molecular formula is C13H14FN3O. The average molecular weight is 247 g/mol. The molecule has 5 heteroatoms. The van der Waals surface area contributed by atoms with Crippen LogP contribution in [0.2, 0.25) is 0 Å². The van der Waals surface area contributed by atoms with Crippen molar-refractivity contribution in [2.45, 2.75) is 13.0 Å². The zero-order chi connectivity index (χ0) is 13.3. The molecule has 0 aliphatic rings. The summed E-state index contributed by atoms with van der Waals surface area (Å²) >= 11 is 0. The summed E-state index contributed by atoms with van der Waals surface area (Å²) in [5.41, 5.74) is 13.3. The predicted octanol–water partition coefficient (Wildman–Crippen LogP) is 1.78. The van der Waals surface area contributed by atoms with Gasteiger partial charge in [0.1, 0.15) is 17.7 Å². The van der Waals surface area contributed by atoms with Crippen LogP contribution in [0.1, 0.15) is 22.8 Å². The normalized spacial score (nSPS) is 12.4. The van der Waals surface area contributed by atoms with Crippen molar-refractivity contribution in [1.82, 2.24) is 4.98 Å². The molecule has 0 saturated heterocycles. The second-order valence-electron chi connectivity index (χ2n) is 4.10. The number of rotatable bonds is 2. The third kappa shape index (κ3) is 2.12. The number of pyridine rings is 1. The van der Waals surface area contributed by atoms with Crippen molar-refractivity contribution in [2.24, 2.45) is 0 Å². The fourth-order valence-corrected chi connectivity index (χ4v) is 1.88. The Hall–Kier alpha value is -2.14. The first-order valence-electron chi connectivity index (χ1n) is 5.44. The molecule has 0 aliphatic heterocycles. The Bertz CT molecular complexity index is 566. The first-order valence-corrected chi connectivity index (χ1v) is 5.44. The van der Waals surface area contributed by atoms with E-state index in [0.717, 1.165) is 5.56 Å². The van der Waals surface area contributed by atoms with E-state index in [0.29, 0.717) is 11.3 Å². The Kier molecular flexibility index (Phi) is 3.16. The van der Waals surface area contributed by atoms with E-state index in [4.69, 9.17) is 11.5 Å². The highest BCUT2D eigenvalue weighted by Crippen LogP contribution is 2.31. The van der Waals surface area contributed by atoms with Crippen LogP contribution in [0.3, 0.4) is 0 Å². The molecule has 0 aliphatic carbocycles. The molecule has 0 spiro atoms. The number of aliphatic hydroxyl groups is 1. The van der Waals surface area contributed by atoms with Gasteiger partial charge < -0.3 is 16.6 Å². The Morgan fingerprint density at radius 2 is 2.00 bits per heavy atom. The van der Waals surface area contributed by atoms with Crippen molar-refractivity contribution in [3.05, 3.63) is 53.0 Å².